The topological polar surface area (TPSA) is 92.0 Å². The van der Waals surface area contributed by atoms with Crippen LogP contribution >= 0.6 is 31.9 Å². The van der Waals surface area contributed by atoms with Gasteiger partial charge in [-0.15, -0.1) is 0 Å². The molecule has 0 saturated carbocycles. The summed E-state index contributed by atoms with van der Waals surface area (Å²) in [5.74, 6) is 0.839. The third-order valence-electron chi connectivity index (χ3n) is 5.03. The Balaban J connectivity index is 2.03. The van der Waals surface area contributed by atoms with Crippen LogP contribution in [-0.2, 0) is 16.0 Å². The Morgan fingerprint density at radius 1 is 1.24 bits per heavy atom. The van der Waals surface area contributed by atoms with Gasteiger partial charge in [-0.25, -0.2) is 9.78 Å². The first-order chi connectivity index (χ1) is 16.3. The Labute approximate surface area is 214 Å². The van der Waals surface area contributed by atoms with E-state index in [4.69, 9.17) is 14.2 Å². The summed E-state index contributed by atoms with van der Waals surface area (Å²) < 4.78 is 18.6. The molecule has 1 aromatic heterocycles. The summed E-state index contributed by atoms with van der Waals surface area (Å²) in [5, 5.41) is 4.95. The highest BCUT2D eigenvalue weighted by Crippen LogP contribution is 2.37. The van der Waals surface area contributed by atoms with E-state index in [1.165, 1.54) is 18.9 Å². The van der Waals surface area contributed by atoms with Crippen molar-refractivity contribution in [3.05, 3.63) is 61.0 Å². The minimum atomic E-state index is -0.822. The number of aryl methyl sites for hydroxylation is 1. The lowest BCUT2D eigenvalue weighted by atomic mass is 10.2. The number of halogens is 2. The van der Waals surface area contributed by atoms with Crippen molar-refractivity contribution < 1.29 is 19.0 Å². The molecule has 0 N–H and O–H groups in total. The van der Waals surface area contributed by atoms with Gasteiger partial charge in [0.25, 0.3) is 5.56 Å². The van der Waals surface area contributed by atoms with Crippen LogP contribution < -0.4 is 15.0 Å². The molecular weight excluding hydrogens is 570 g/mol. The summed E-state index contributed by atoms with van der Waals surface area (Å²) in [6.07, 6.45) is 3.21. The molecule has 0 aliphatic heterocycles. The number of carbonyl (C=O) groups is 1. The van der Waals surface area contributed by atoms with E-state index in [-0.39, 0.29) is 5.56 Å². The molecule has 34 heavy (non-hydrogen) atoms. The molecule has 0 amide bonds. The second kappa shape index (κ2) is 11.6. The largest absolute Gasteiger partial charge is 0.493 e. The van der Waals surface area contributed by atoms with Crippen LogP contribution in [-0.4, -0.2) is 42.2 Å². The van der Waals surface area contributed by atoms with Gasteiger partial charge in [0.15, 0.2) is 17.6 Å². The quantitative estimate of drug-likeness (QED) is 0.253. The van der Waals surface area contributed by atoms with Crippen molar-refractivity contribution in [2.45, 2.75) is 39.2 Å². The molecule has 1 atom stereocenters. The van der Waals surface area contributed by atoms with E-state index in [0.29, 0.717) is 44.7 Å². The third-order valence-corrected chi connectivity index (χ3v) is 6.11. The monoisotopic (exact) mass is 593 g/mol. The molecule has 0 radical (unpaired) electrons. The minimum absolute atomic E-state index is 0.244. The van der Waals surface area contributed by atoms with Gasteiger partial charge in [0, 0.05) is 10.9 Å². The van der Waals surface area contributed by atoms with Crippen molar-refractivity contribution in [3.8, 4) is 11.5 Å². The van der Waals surface area contributed by atoms with Gasteiger partial charge in [-0.05, 0) is 65.2 Å². The van der Waals surface area contributed by atoms with Crippen molar-refractivity contribution in [2.24, 2.45) is 5.10 Å². The molecule has 0 fully saturated rings. The molecule has 0 saturated heterocycles. The number of hydrogen-bond donors (Lipinski definition) is 0. The van der Waals surface area contributed by atoms with E-state index < -0.39 is 12.1 Å². The van der Waals surface area contributed by atoms with Gasteiger partial charge in [0.05, 0.1) is 35.8 Å². The molecular formula is C24H25Br2N3O5. The van der Waals surface area contributed by atoms with Gasteiger partial charge in [-0.1, -0.05) is 29.3 Å². The molecule has 2 aromatic carbocycles. The summed E-state index contributed by atoms with van der Waals surface area (Å²) in [7, 11) is 2.79. The Morgan fingerprint density at radius 2 is 2.00 bits per heavy atom. The number of ether oxygens (including phenoxy) is 3. The summed E-state index contributed by atoms with van der Waals surface area (Å²) >= 11 is 6.88. The predicted octanol–water partition coefficient (Wildman–Crippen LogP) is 5.10. The Kier molecular flexibility index (Phi) is 8.84. The van der Waals surface area contributed by atoms with Gasteiger partial charge >= 0.3 is 5.97 Å². The predicted molar refractivity (Wildman–Crippen MR) is 138 cm³/mol. The fourth-order valence-electron chi connectivity index (χ4n) is 3.25. The SMILES string of the molecule is CCCCc1nc2ccc(Br)cc2c(=O)n1N=Cc1cc(Br)c(O[C@@H](C)C(=O)OC)c(OC)c1. The van der Waals surface area contributed by atoms with E-state index in [0.717, 1.165) is 17.3 Å². The van der Waals surface area contributed by atoms with Crippen LogP contribution in [0.2, 0.25) is 0 Å². The maximum absolute atomic E-state index is 13.2. The first-order valence-corrected chi connectivity index (χ1v) is 12.2. The number of nitrogens with zero attached hydrogens (tertiary/aromatic N) is 3. The second-order valence-electron chi connectivity index (χ2n) is 7.47. The van der Waals surface area contributed by atoms with Crippen LogP contribution in [0.5, 0.6) is 11.5 Å². The number of benzene rings is 2. The first-order valence-electron chi connectivity index (χ1n) is 10.7. The molecule has 0 bridgehead atoms. The zero-order chi connectivity index (χ0) is 24.8. The Hall–Kier alpha value is -2.72. The lowest BCUT2D eigenvalue weighted by molar-refractivity contribution is -0.147. The number of carbonyl (C=O) groups excluding carboxylic acids is 1. The van der Waals surface area contributed by atoms with E-state index in [1.54, 1.807) is 31.3 Å². The van der Waals surface area contributed by atoms with Crippen LogP contribution in [0.15, 0.2) is 49.2 Å². The van der Waals surface area contributed by atoms with Gasteiger partial charge < -0.3 is 14.2 Å². The summed E-state index contributed by atoms with van der Waals surface area (Å²) in [5.41, 5.74) is 1.05. The van der Waals surface area contributed by atoms with Crippen LogP contribution in [0.25, 0.3) is 10.9 Å². The highest BCUT2D eigenvalue weighted by molar-refractivity contribution is 9.10. The average Bonchev–Trinajstić information content (AvgIpc) is 2.83. The standard InChI is InChI=1S/C24H25Br2N3O5/c1-5-6-7-21-28-19-9-8-16(25)12-17(19)23(30)29(21)27-13-15-10-18(26)22(20(11-15)32-3)34-14(2)24(31)33-4/h8-14H,5-7H2,1-4H3/t14-/m0/s1. The van der Waals surface area contributed by atoms with E-state index in [2.05, 4.69) is 48.9 Å². The van der Waals surface area contributed by atoms with Crippen molar-refractivity contribution in [3.63, 3.8) is 0 Å². The van der Waals surface area contributed by atoms with E-state index >= 15 is 0 Å². The highest BCUT2D eigenvalue weighted by atomic mass is 79.9. The maximum atomic E-state index is 13.2. The maximum Gasteiger partial charge on any atom is 0.346 e. The third kappa shape index (κ3) is 5.85. The average molecular weight is 595 g/mol. The lowest BCUT2D eigenvalue weighted by Crippen LogP contribution is -2.25. The number of methoxy groups -OCH3 is 2. The van der Waals surface area contributed by atoms with Crippen LogP contribution in [0.4, 0.5) is 0 Å². The number of fused-ring (bicyclic) bond motifs is 1. The van der Waals surface area contributed by atoms with Crippen molar-refractivity contribution >= 4 is 54.9 Å². The van der Waals surface area contributed by atoms with Crippen LogP contribution in [0.1, 0.15) is 38.1 Å². The zero-order valence-corrected chi connectivity index (χ0v) is 22.5. The van der Waals surface area contributed by atoms with Crippen molar-refractivity contribution in [1.82, 2.24) is 9.66 Å². The molecule has 0 unspecified atom stereocenters. The van der Waals surface area contributed by atoms with Crippen molar-refractivity contribution in [1.29, 1.82) is 0 Å². The van der Waals surface area contributed by atoms with Gasteiger partial charge in [0.2, 0.25) is 0 Å². The molecule has 180 valence electrons. The van der Waals surface area contributed by atoms with Gasteiger partial charge in [-0.3, -0.25) is 4.79 Å². The van der Waals surface area contributed by atoms with Gasteiger partial charge in [-0.2, -0.15) is 9.78 Å². The lowest BCUT2D eigenvalue weighted by Gasteiger charge is -2.17. The number of rotatable bonds is 9. The molecule has 0 aliphatic carbocycles. The number of unbranched alkanes of at least 4 members (excludes halogenated alkanes) is 1. The molecule has 0 spiro atoms. The zero-order valence-electron chi connectivity index (χ0n) is 19.3. The fraction of sp³-hybridized carbons (Fsp3) is 0.333. The molecule has 3 rings (SSSR count). The fourth-order valence-corrected chi connectivity index (χ4v) is 4.17. The molecule has 0 aliphatic rings. The molecule has 1 heterocycles. The Morgan fingerprint density at radius 3 is 2.68 bits per heavy atom. The summed E-state index contributed by atoms with van der Waals surface area (Å²) in [6, 6.07) is 8.89. The van der Waals surface area contributed by atoms with E-state index in [1.807, 2.05) is 12.1 Å². The Bertz CT molecular complexity index is 1290. The number of hydrogen-bond acceptors (Lipinski definition) is 7. The number of esters is 1. The summed E-state index contributed by atoms with van der Waals surface area (Å²) in [4.78, 5) is 29.7. The first kappa shape index (κ1) is 25.9. The normalized spacial score (nSPS) is 12.2. The number of aromatic nitrogens is 2. The van der Waals surface area contributed by atoms with Gasteiger partial charge in [0.1, 0.15) is 5.82 Å². The summed E-state index contributed by atoms with van der Waals surface area (Å²) in [6.45, 7) is 3.67. The highest BCUT2D eigenvalue weighted by Gasteiger charge is 2.20. The molecule has 3 aromatic rings. The molecule has 10 heteroatoms. The smallest absolute Gasteiger partial charge is 0.346 e. The van der Waals surface area contributed by atoms with Crippen LogP contribution in [0.3, 0.4) is 0 Å². The van der Waals surface area contributed by atoms with E-state index in [9.17, 15) is 9.59 Å². The molecule has 8 nitrogen and oxygen atoms in total. The van der Waals surface area contributed by atoms with Crippen molar-refractivity contribution in [2.75, 3.05) is 14.2 Å². The second-order valence-corrected chi connectivity index (χ2v) is 9.24. The van der Waals surface area contributed by atoms with Crippen LogP contribution in [0, 0.1) is 0 Å². The minimum Gasteiger partial charge on any atom is -0.493 e.